The summed E-state index contributed by atoms with van der Waals surface area (Å²) in [5.41, 5.74) is 4.62. The number of rotatable bonds is 4. The molecule has 2 nitrogen and oxygen atoms in total. The molecule has 1 aliphatic carbocycles. The molecule has 1 aliphatic rings. The number of nitrogens with one attached hydrogen (secondary N) is 1. The summed E-state index contributed by atoms with van der Waals surface area (Å²) >= 11 is 0. The molecule has 0 fully saturated rings. The topological polar surface area (TPSA) is 38.0 Å². The molecule has 2 rings (SSSR count). The van der Waals surface area contributed by atoms with Gasteiger partial charge in [0.25, 0.3) is 0 Å². The summed E-state index contributed by atoms with van der Waals surface area (Å²) in [6.45, 7) is 0.0191. The van der Waals surface area contributed by atoms with Gasteiger partial charge in [-0.2, -0.15) is 13.2 Å². The zero-order valence-corrected chi connectivity index (χ0v) is 10.8. The quantitative estimate of drug-likeness (QED) is 0.660. The average Bonchev–Trinajstić information content (AvgIpc) is 2.88. The zero-order chi connectivity index (χ0) is 14.8. The predicted octanol–water partition coefficient (Wildman–Crippen LogP) is 3.15. The lowest BCUT2D eigenvalue weighted by molar-refractivity contribution is -0.138. The molecule has 20 heavy (non-hydrogen) atoms. The Kier molecular flexibility index (Phi) is 4.45. The third kappa shape index (κ3) is 3.37. The van der Waals surface area contributed by atoms with Crippen molar-refractivity contribution in [3.8, 4) is 0 Å². The largest absolute Gasteiger partial charge is 0.416 e. The third-order valence-corrected chi connectivity index (χ3v) is 3.38. The molecule has 110 valence electrons. The maximum Gasteiger partial charge on any atom is 0.416 e. The fraction of sp³-hybridized carbons (Fsp3) is 0.429. The van der Waals surface area contributed by atoms with Gasteiger partial charge in [-0.1, -0.05) is 18.2 Å². The van der Waals surface area contributed by atoms with Crippen LogP contribution in [-0.4, -0.2) is 12.6 Å². The number of alkyl halides is 3. The first kappa shape index (κ1) is 15.0. The van der Waals surface area contributed by atoms with E-state index in [0.29, 0.717) is 6.07 Å². The third-order valence-electron chi connectivity index (χ3n) is 3.38. The Bertz CT molecular complexity index is 488. The molecule has 0 spiro atoms. The Labute approximate surface area is 114 Å². The van der Waals surface area contributed by atoms with Crippen LogP contribution in [0, 0.1) is 5.82 Å². The summed E-state index contributed by atoms with van der Waals surface area (Å²) in [6, 6.07) is 2.14. The highest BCUT2D eigenvalue weighted by molar-refractivity contribution is 5.33. The van der Waals surface area contributed by atoms with Crippen molar-refractivity contribution in [1.29, 1.82) is 0 Å². The summed E-state index contributed by atoms with van der Waals surface area (Å²) in [5.74, 6) is -0.903. The predicted molar refractivity (Wildman–Crippen MR) is 68.5 cm³/mol. The summed E-state index contributed by atoms with van der Waals surface area (Å²) in [6.07, 6.45) is 0.875. The van der Waals surface area contributed by atoms with Gasteiger partial charge in [-0.3, -0.25) is 0 Å². The number of nitrogens with two attached hydrogens (primary N) is 1. The van der Waals surface area contributed by atoms with Crippen molar-refractivity contribution >= 4 is 0 Å². The second kappa shape index (κ2) is 5.93. The first-order valence-corrected chi connectivity index (χ1v) is 6.39. The Morgan fingerprint density at radius 1 is 1.25 bits per heavy atom. The van der Waals surface area contributed by atoms with Crippen LogP contribution in [0.2, 0.25) is 0 Å². The van der Waals surface area contributed by atoms with E-state index < -0.39 is 23.6 Å². The minimum absolute atomic E-state index is 0.00620. The molecule has 0 saturated heterocycles. The Morgan fingerprint density at radius 2 is 1.90 bits per heavy atom. The van der Waals surface area contributed by atoms with E-state index in [2.05, 4.69) is 5.32 Å². The highest BCUT2D eigenvalue weighted by Gasteiger charge is 2.35. The van der Waals surface area contributed by atoms with Crippen molar-refractivity contribution in [1.82, 2.24) is 5.32 Å². The van der Waals surface area contributed by atoms with E-state index in [1.54, 1.807) is 0 Å². The van der Waals surface area contributed by atoms with Crippen LogP contribution in [0.3, 0.4) is 0 Å². The van der Waals surface area contributed by atoms with Crippen LogP contribution < -0.4 is 11.1 Å². The molecular formula is C14H16F4N2. The van der Waals surface area contributed by atoms with Gasteiger partial charge in [-0.15, -0.1) is 0 Å². The molecule has 0 amide bonds. The van der Waals surface area contributed by atoms with E-state index in [1.165, 1.54) is 0 Å². The van der Waals surface area contributed by atoms with E-state index in [0.717, 1.165) is 25.0 Å². The Balaban J connectivity index is 2.28. The lowest BCUT2D eigenvalue weighted by atomic mass is 9.98. The van der Waals surface area contributed by atoms with Gasteiger partial charge in [-0.25, -0.2) is 4.39 Å². The van der Waals surface area contributed by atoms with Crippen LogP contribution in [-0.2, 0) is 6.18 Å². The molecule has 0 bridgehead atoms. The molecule has 1 aromatic carbocycles. The van der Waals surface area contributed by atoms with Gasteiger partial charge in [-0.05, 0) is 30.5 Å². The van der Waals surface area contributed by atoms with Crippen LogP contribution in [0.25, 0.3) is 0 Å². The molecule has 1 unspecified atom stereocenters. The first-order chi connectivity index (χ1) is 9.41. The van der Waals surface area contributed by atoms with Crippen molar-refractivity contribution in [3.63, 3.8) is 0 Å². The number of benzene rings is 1. The minimum Gasteiger partial charge on any atom is -0.329 e. The van der Waals surface area contributed by atoms with E-state index >= 15 is 0 Å². The van der Waals surface area contributed by atoms with Crippen LogP contribution in [0.4, 0.5) is 17.6 Å². The van der Waals surface area contributed by atoms with Crippen LogP contribution in [0.5, 0.6) is 0 Å². The van der Waals surface area contributed by atoms with Crippen LogP contribution in [0.1, 0.15) is 30.0 Å². The van der Waals surface area contributed by atoms with Gasteiger partial charge in [0.05, 0.1) is 5.56 Å². The van der Waals surface area contributed by atoms with E-state index in [-0.39, 0.29) is 18.2 Å². The minimum atomic E-state index is -4.60. The van der Waals surface area contributed by atoms with Crippen molar-refractivity contribution in [2.45, 2.75) is 31.1 Å². The normalized spacial score (nSPS) is 17.6. The van der Waals surface area contributed by atoms with Gasteiger partial charge in [0.2, 0.25) is 0 Å². The highest BCUT2D eigenvalue weighted by atomic mass is 19.4. The summed E-state index contributed by atoms with van der Waals surface area (Å²) in [4.78, 5) is 0. The molecule has 6 heteroatoms. The van der Waals surface area contributed by atoms with Crippen molar-refractivity contribution < 1.29 is 17.6 Å². The second-order valence-electron chi connectivity index (χ2n) is 4.82. The van der Waals surface area contributed by atoms with Crippen molar-refractivity contribution in [2.75, 3.05) is 6.54 Å². The second-order valence-corrected chi connectivity index (χ2v) is 4.82. The van der Waals surface area contributed by atoms with Gasteiger partial charge >= 0.3 is 6.18 Å². The standard InChI is InChI=1S/C14H16F4N2/c15-9-5-6-11(12(7-9)14(16,17)18)13(8-19)20-10-3-1-2-4-10/h1-2,5-7,10,13,20H,3-4,8,19H2. The fourth-order valence-electron chi connectivity index (χ4n) is 2.40. The van der Waals surface area contributed by atoms with Gasteiger partial charge in [0, 0.05) is 18.6 Å². The highest BCUT2D eigenvalue weighted by Crippen LogP contribution is 2.35. The smallest absolute Gasteiger partial charge is 0.329 e. The molecule has 1 atom stereocenters. The lowest BCUT2D eigenvalue weighted by Crippen LogP contribution is -2.36. The molecule has 0 saturated carbocycles. The Hall–Kier alpha value is -1.40. The van der Waals surface area contributed by atoms with Crippen LogP contribution in [0.15, 0.2) is 30.4 Å². The number of hydrogen-bond acceptors (Lipinski definition) is 2. The maximum absolute atomic E-state index is 13.1. The molecule has 0 heterocycles. The lowest BCUT2D eigenvalue weighted by Gasteiger charge is -2.25. The summed E-state index contributed by atoms with van der Waals surface area (Å²) in [5, 5.41) is 3.10. The summed E-state index contributed by atoms with van der Waals surface area (Å²) < 4.78 is 52.1. The van der Waals surface area contributed by atoms with Crippen molar-refractivity contribution in [3.05, 3.63) is 47.3 Å². The zero-order valence-electron chi connectivity index (χ0n) is 10.8. The van der Waals surface area contributed by atoms with E-state index in [9.17, 15) is 17.6 Å². The molecule has 3 N–H and O–H groups in total. The number of hydrogen-bond donors (Lipinski definition) is 2. The SMILES string of the molecule is NCC(NC1CC=CC1)c1ccc(F)cc1C(F)(F)F. The Morgan fingerprint density at radius 3 is 2.45 bits per heavy atom. The van der Waals surface area contributed by atoms with E-state index in [1.807, 2.05) is 12.2 Å². The van der Waals surface area contributed by atoms with Gasteiger partial charge in [0.1, 0.15) is 5.82 Å². The van der Waals surface area contributed by atoms with Crippen molar-refractivity contribution in [2.24, 2.45) is 5.73 Å². The first-order valence-electron chi connectivity index (χ1n) is 6.39. The molecular weight excluding hydrogens is 272 g/mol. The van der Waals surface area contributed by atoms with E-state index in [4.69, 9.17) is 5.73 Å². The average molecular weight is 288 g/mol. The fourth-order valence-corrected chi connectivity index (χ4v) is 2.40. The molecule has 0 aliphatic heterocycles. The molecule has 1 aromatic rings. The molecule has 0 radical (unpaired) electrons. The number of halogens is 4. The maximum atomic E-state index is 13.1. The van der Waals surface area contributed by atoms with Crippen LogP contribution >= 0.6 is 0 Å². The van der Waals surface area contributed by atoms with Gasteiger partial charge < -0.3 is 11.1 Å². The monoisotopic (exact) mass is 288 g/mol. The molecule has 0 aromatic heterocycles. The van der Waals surface area contributed by atoms with Gasteiger partial charge in [0.15, 0.2) is 0 Å². The summed E-state index contributed by atoms with van der Waals surface area (Å²) in [7, 11) is 0.